The lowest BCUT2D eigenvalue weighted by Gasteiger charge is -2.12. The van der Waals surface area contributed by atoms with Crippen molar-refractivity contribution < 1.29 is 19.1 Å². The highest BCUT2D eigenvalue weighted by Gasteiger charge is 2.31. The van der Waals surface area contributed by atoms with Crippen molar-refractivity contribution in [3.05, 3.63) is 24.3 Å². The second-order valence-corrected chi connectivity index (χ2v) is 4.97. The van der Waals surface area contributed by atoms with Crippen molar-refractivity contribution in [3.8, 4) is 5.75 Å². The van der Waals surface area contributed by atoms with Crippen LogP contribution in [0.4, 0.5) is 10.5 Å². The molecule has 1 N–H and O–H groups in total. The van der Waals surface area contributed by atoms with Crippen LogP contribution in [0.15, 0.2) is 24.3 Å². The molecule has 0 spiro atoms. The summed E-state index contributed by atoms with van der Waals surface area (Å²) in [4.78, 5) is 35.5. The third kappa shape index (κ3) is 3.51. The van der Waals surface area contributed by atoms with Gasteiger partial charge in [0.1, 0.15) is 12.3 Å². The Hall–Kier alpha value is -2.02. The highest BCUT2D eigenvalue weighted by Crippen LogP contribution is 2.19. The highest BCUT2D eigenvalue weighted by molar-refractivity contribution is 8.14. The fourth-order valence-corrected chi connectivity index (χ4v) is 2.40. The zero-order valence-corrected chi connectivity index (χ0v) is 11.7. The predicted octanol–water partition coefficient (Wildman–Crippen LogP) is 1.72. The fraction of sp³-hybridized carbons (Fsp3) is 0.308. The number of thioether (sulfide) groups is 1. The molecule has 1 saturated heterocycles. The normalized spacial score (nSPS) is 14.6. The molecule has 1 aromatic rings. The molecule has 3 amide bonds. The molecule has 1 fully saturated rings. The van der Waals surface area contributed by atoms with Crippen LogP contribution in [0.3, 0.4) is 0 Å². The van der Waals surface area contributed by atoms with Crippen molar-refractivity contribution in [1.82, 2.24) is 4.90 Å². The zero-order valence-electron chi connectivity index (χ0n) is 10.9. The smallest absolute Gasteiger partial charge is 0.289 e. The zero-order chi connectivity index (χ0) is 14.5. The van der Waals surface area contributed by atoms with E-state index in [2.05, 4.69) is 5.32 Å². The van der Waals surface area contributed by atoms with Gasteiger partial charge in [-0.1, -0.05) is 11.8 Å². The van der Waals surface area contributed by atoms with Crippen molar-refractivity contribution in [2.75, 3.05) is 24.2 Å². The van der Waals surface area contributed by atoms with Crippen LogP contribution in [0.2, 0.25) is 0 Å². The van der Waals surface area contributed by atoms with Gasteiger partial charge in [0.2, 0.25) is 11.8 Å². The highest BCUT2D eigenvalue weighted by atomic mass is 32.2. The quantitative estimate of drug-likeness (QED) is 0.895. The van der Waals surface area contributed by atoms with E-state index in [0.29, 0.717) is 18.0 Å². The van der Waals surface area contributed by atoms with Crippen LogP contribution in [-0.4, -0.2) is 40.9 Å². The lowest BCUT2D eigenvalue weighted by molar-refractivity contribution is -0.128. The lowest BCUT2D eigenvalue weighted by atomic mass is 10.3. The molecule has 6 nitrogen and oxygen atoms in total. The average Bonchev–Trinajstić information content (AvgIpc) is 2.73. The van der Waals surface area contributed by atoms with E-state index < -0.39 is 5.91 Å². The first-order chi connectivity index (χ1) is 9.60. The Morgan fingerprint density at radius 1 is 1.35 bits per heavy atom. The monoisotopic (exact) mass is 294 g/mol. The van der Waals surface area contributed by atoms with E-state index >= 15 is 0 Å². The van der Waals surface area contributed by atoms with Crippen LogP contribution < -0.4 is 10.1 Å². The number of carbonyl (C=O) groups excluding carboxylic acids is 3. The van der Waals surface area contributed by atoms with E-state index in [0.717, 1.165) is 16.7 Å². The van der Waals surface area contributed by atoms with E-state index in [-0.39, 0.29) is 23.4 Å². The molecule has 1 aliphatic rings. The molecule has 0 atom stereocenters. The Morgan fingerprint density at radius 2 is 2.05 bits per heavy atom. The minimum atomic E-state index is -0.404. The third-order valence-corrected chi connectivity index (χ3v) is 3.45. The first kappa shape index (κ1) is 14.4. The molecule has 1 aliphatic heterocycles. The van der Waals surface area contributed by atoms with Gasteiger partial charge >= 0.3 is 0 Å². The standard InChI is InChI=1S/C13H14N2O4S/c1-2-19-10-5-3-9(4-6-10)14-11(16)7-15-12(17)8-20-13(15)18/h3-6H,2,7-8H2,1H3,(H,14,16). The molecule has 0 aliphatic carbocycles. The van der Waals surface area contributed by atoms with Crippen LogP contribution >= 0.6 is 11.8 Å². The van der Waals surface area contributed by atoms with Crippen molar-refractivity contribution in [1.29, 1.82) is 0 Å². The number of amides is 3. The Labute approximate surface area is 120 Å². The summed E-state index contributed by atoms with van der Waals surface area (Å²) in [5.74, 6) is 0.0850. The Kier molecular flexibility index (Phi) is 4.62. The van der Waals surface area contributed by atoms with Crippen molar-refractivity contribution in [3.63, 3.8) is 0 Å². The van der Waals surface area contributed by atoms with Gasteiger partial charge in [0.05, 0.1) is 12.4 Å². The number of carbonyl (C=O) groups is 3. The van der Waals surface area contributed by atoms with Crippen LogP contribution in [0.25, 0.3) is 0 Å². The summed E-state index contributed by atoms with van der Waals surface area (Å²) in [6.45, 7) is 2.21. The average molecular weight is 294 g/mol. The van der Waals surface area contributed by atoms with Crippen molar-refractivity contribution in [2.24, 2.45) is 0 Å². The van der Waals surface area contributed by atoms with Crippen LogP contribution in [0.5, 0.6) is 5.75 Å². The van der Waals surface area contributed by atoms with Gasteiger partial charge in [-0.15, -0.1) is 0 Å². The maximum Gasteiger partial charge on any atom is 0.289 e. The van der Waals surface area contributed by atoms with Crippen LogP contribution in [0.1, 0.15) is 6.92 Å². The van der Waals surface area contributed by atoms with E-state index in [1.54, 1.807) is 24.3 Å². The number of nitrogens with one attached hydrogen (secondary N) is 1. The van der Waals surface area contributed by atoms with Gasteiger partial charge in [0.15, 0.2) is 0 Å². The molecule has 0 aromatic heterocycles. The summed E-state index contributed by atoms with van der Waals surface area (Å²) in [5, 5.41) is 2.25. The van der Waals surface area contributed by atoms with E-state index in [1.165, 1.54) is 0 Å². The summed E-state index contributed by atoms with van der Waals surface area (Å²) in [7, 11) is 0. The number of ether oxygens (including phenoxy) is 1. The van der Waals surface area contributed by atoms with E-state index in [4.69, 9.17) is 4.74 Å². The fourth-order valence-electron chi connectivity index (χ4n) is 1.68. The summed E-state index contributed by atoms with van der Waals surface area (Å²) in [6, 6.07) is 6.87. The Morgan fingerprint density at radius 3 is 2.60 bits per heavy atom. The largest absolute Gasteiger partial charge is 0.494 e. The van der Waals surface area contributed by atoms with Crippen LogP contribution in [0, 0.1) is 0 Å². The maximum atomic E-state index is 11.8. The number of hydrogen-bond donors (Lipinski definition) is 1. The van der Waals surface area contributed by atoms with Gasteiger partial charge in [0.25, 0.3) is 5.24 Å². The number of nitrogens with zero attached hydrogens (tertiary/aromatic N) is 1. The van der Waals surface area contributed by atoms with Gasteiger partial charge in [0, 0.05) is 5.69 Å². The molecule has 1 aromatic carbocycles. The number of benzene rings is 1. The number of hydrogen-bond acceptors (Lipinski definition) is 5. The van der Waals surface area contributed by atoms with Crippen molar-refractivity contribution >= 4 is 34.5 Å². The number of rotatable bonds is 5. The summed E-state index contributed by atoms with van der Waals surface area (Å²) in [5.41, 5.74) is 0.588. The number of imide groups is 1. The first-order valence-corrected chi connectivity index (χ1v) is 7.08. The lowest BCUT2D eigenvalue weighted by Crippen LogP contribution is -2.36. The molecule has 0 saturated carbocycles. The molecular formula is C13H14N2O4S. The molecule has 20 heavy (non-hydrogen) atoms. The minimum Gasteiger partial charge on any atom is -0.494 e. The SMILES string of the molecule is CCOc1ccc(NC(=O)CN2C(=O)CSC2=O)cc1. The molecule has 0 radical (unpaired) electrons. The molecule has 106 valence electrons. The Balaban J connectivity index is 1.91. The molecule has 2 rings (SSSR count). The maximum absolute atomic E-state index is 11.8. The van der Waals surface area contributed by atoms with E-state index in [9.17, 15) is 14.4 Å². The molecule has 1 heterocycles. The summed E-state index contributed by atoms with van der Waals surface area (Å²) >= 11 is 0.910. The molecule has 0 bridgehead atoms. The third-order valence-electron chi connectivity index (χ3n) is 2.59. The Bertz CT molecular complexity index is 514. The van der Waals surface area contributed by atoms with E-state index in [1.807, 2.05) is 6.92 Å². The first-order valence-electron chi connectivity index (χ1n) is 6.10. The minimum absolute atomic E-state index is 0.106. The topological polar surface area (TPSA) is 75.7 Å². The summed E-state index contributed by atoms with van der Waals surface area (Å²) < 4.78 is 5.29. The van der Waals surface area contributed by atoms with Crippen LogP contribution in [-0.2, 0) is 9.59 Å². The van der Waals surface area contributed by atoms with Gasteiger partial charge in [-0.25, -0.2) is 0 Å². The second kappa shape index (κ2) is 6.42. The molecule has 0 unspecified atom stereocenters. The van der Waals surface area contributed by atoms with Gasteiger partial charge in [-0.2, -0.15) is 0 Å². The van der Waals surface area contributed by atoms with Gasteiger partial charge < -0.3 is 10.1 Å². The van der Waals surface area contributed by atoms with Gasteiger partial charge in [-0.05, 0) is 31.2 Å². The molecule has 7 heteroatoms. The summed E-state index contributed by atoms with van der Waals surface area (Å²) in [6.07, 6.45) is 0. The molecular weight excluding hydrogens is 280 g/mol. The predicted molar refractivity (Wildman–Crippen MR) is 75.8 cm³/mol. The second-order valence-electron chi connectivity index (χ2n) is 4.04. The number of anilines is 1. The van der Waals surface area contributed by atoms with Gasteiger partial charge in [-0.3, -0.25) is 19.3 Å². The van der Waals surface area contributed by atoms with Crippen molar-refractivity contribution in [2.45, 2.75) is 6.92 Å².